The Bertz CT molecular complexity index is 896. The first kappa shape index (κ1) is 23.8. The number of ketones is 1. The van der Waals surface area contributed by atoms with Crippen LogP contribution in [0.3, 0.4) is 0 Å². The van der Waals surface area contributed by atoms with Gasteiger partial charge in [-0.2, -0.15) is 13.2 Å². The fraction of sp³-hybridized carbons (Fsp3) is 0.440. The van der Waals surface area contributed by atoms with Crippen LogP contribution < -0.4 is 9.64 Å². The summed E-state index contributed by atoms with van der Waals surface area (Å²) < 4.78 is 43.7. The smallest absolute Gasteiger partial charge is 0.416 e. The summed E-state index contributed by atoms with van der Waals surface area (Å²) in [4.78, 5) is 18.7. The van der Waals surface area contributed by atoms with Crippen molar-refractivity contribution in [3.8, 4) is 5.88 Å². The van der Waals surface area contributed by atoms with Gasteiger partial charge < -0.3 is 9.64 Å². The molecule has 0 amide bonds. The van der Waals surface area contributed by atoms with Crippen molar-refractivity contribution in [3.05, 3.63) is 65.4 Å². The van der Waals surface area contributed by atoms with Crippen molar-refractivity contribution in [2.75, 3.05) is 24.6 Å². The van der Waals surface area contributed by atoms with Gasteiger partial charge in [0.15, 0.2) is 5.78 Å². The molecule has 32 heavy (non-hydrogen) atoms. The number of benzene rings is 1. The first-order valence-electron chi connectivity index (χ1n) is 11.1. The minimum Gasteiger partial charge on any atom is -0.478 e. The molecule has 0 unspecified atom stereocenters. The highest BCUT2D eigenvalue weighted by Gasteiger charge is 2.30. The Morgan fingerprint density at radius 3 is 2.44 bits per heavy atom. The maximum atomic E-state index is 12.7. The van der Waals surface area contributed by atoms with Crippen LogP contribution in [-0.2, 0) is 6.18 Å². The summed E-state index contributed by atoms with van der Waals surface area (Å²) in [6, 6.07) is 8.81. The van der Waals surface area contributed by atoms with Crippen LogP contribution in [0.4, 0.5) is 18.9 Å². The summed E-state index contributed by atoms with van der Waals surface area (Å²) in [5.41, 5.74) is 2.06. The van der Waals surface area contributed by atoms with Gasteiger partial charge in [0, 0.05) is 43.0 Å². The van der Waals surface area contributed by atoms with E-state index in [-0.39, 0.29) is 5.78 Å². The molecule has 1 saturated heterocycles. The predicted octanol–water partition coefficient (Wildman–Crippen LogP) is 6.47. The third-order valence-electron chi connectivity index (χ3n) is 5.58. The average Bonchev–Trinajstić information content (AvgIpc) is 2.80. The maximum absolute atomic E-state index is 12.7. The maximum Gasteiger partial charge on any atom is 0.416 e. The van der Waals surface area contributed by atoms with Crippen LogP contribution in [-0.4, -0.2) is 30.5 Å². The zero-order chi connectivity index (χ0) is 23.0. The summed E-state index contributed by atoms with van der Waals surface area (Å²) >= 11 is 0. The van der Waals surface area contributed by atoms with E-state index >= 15 is 0 Å². The molecule has 2 heterocycles. The number of piperidine rings is 1. The van der Waals surface area contributed by atoms with Crippen LogP contribution in [0, 0.1) is 0 Å². The third-order valence-corrected chi connectivity index (χ3v) is 5.58. The minimum atomic E-state index is -4.31. The molecule has 172 valence electrons. The van der Waals surface area contributed by atoms with Crippen LogP contribution in [0.15, 0.2) is 54.2 Å². The number of halogens is 3. The molecule has 1 fully saturated rings. The van der Waals surface area contributed by atoms with E-state index in [0.717, 1.165) is 56.6 Å². The van der Waals surface area contributed by atoms with Gasteiger partial charge in [0.25, 0.3) is 0 Å². The van der Waals surface area contributed by atoms with E-state index in [1.165, 1.54) is 17.7 Å². The Balaban J connectivity index is 1.43. The number of carbonyl (C=O) groups excluding carboxylic acids is 1. The van der Waals surface area contributed by atoms with Crippen LogP contribution >= 0.6 is 0 Å². The van der Waals surface area contributed by atoms with Gasteiger partial charge in [-0.05, 0) is 56.0 Å². The molecule has 0 spiro atoms. The molecular weight excluding hydrogens is 417 g/mol. The van der Waals surface area contributed by atoms with Crippen molar-refractivity contribution in [1.82, 2.24) is 4.98 Å². The molecule has 0 radical (unpaired) electrons. The first-order chi connectivity index (χ1) is 15.4. The van der Waals surface area contributed by atoms with Gasteiger partial charge in [0.2, 0.25) is 5.88 Å². The summed E-state index contributed by atoms with van der Waals surface area (Å²) in [6.07, 6.45) is 4.19. The number of pyridine rings is 1. The monoisotopic (exact) mass is 446 g/mol. The van der Waals surface area contributed by atoms with Gasteiger partial charge in [0.05, 0.1) is 12.2 Å². The molecule has 0 aliphatic carbocycles. The highest BCUT2D eigenvalue weighted by atomic mass is 19.4. The number of aromatic nitrogens is 1. The second kappa shape index (κ2) is 11.2. The van der Waals surface area contributed by atoms with E-state index in [1.54, 1.807) is 18.3 Å². The molecular formula is C25H29F3N2O2. The molecule has 1 aromatic carbocycles. The van der Waals surface area contributed by atoms with Gasteiger partial charge in [0.1, 0.15) is 0 Å². The zero-order valence-corrected chi connectivity index (χ0v) is 18.3. The number of alkyl halides is 3. The van der Waals surface area contributed by atoms with Crippen LogP contribution in [0.1, 0.15) is 61.4 Å². The largest absolute Gasteiger partial charge is 0.478 e. The molecule has 4 nitrogen and oxygen atoms in total. The number of hydrogen-bond donors (Lipinski definition) is 0. The van der Waals surface area contributed by atoms with Gasteiger partial charge in [-0.1, -0.05) is 25.0 Å². The van der Waals surface area contributed by atoms with E-state index in [0.29, 0.717) is 30.9 Å². The van der Waals surface area contributed by atoms with Crippen LogP contribution in [0.5, 0.6) is 5.88 Å². The Labute approximate surface area is 187 Å². The molecule has 1 aliphatic heterocycles. The fourth-order valence-electron chi connectivity index (χ4n) is 3.62. The molecule has 1 aromatic heterocycles. The number of Topliss-reactive ketones (excluding diaryl/α,β-unsaturated/α-hetero) is 1. The summed E-state index contributed by atoms with van der Waals surface area (Å²) in [5.74, 6) is 0.591. The van der Waals surface area contributed by atoms with Crippen molar-refractivity contribution < 1.29 is 22.7 Å². The van der Waals surface area contributed by atoms with E-state index in [1.807, 2.05) is 0 Å². The minimum absolute atomic E-state index is 0.0525. The molecule has 2 aromatic rings. The van der Waals surface area contributed by atoms with Crippen LogP contribution in [0.2, 0.25) is 0 Å². The topological polar surface area (TPSA) is 42.4 Å². The van der Waals surface area contributed by atoms with E-state index < -0.39 is 11.7 Å². The molecule has 1 aliphatic rings. The van der Waals surface area contributed by atoms with E-state index in [2.05, 4.69) is 22.9 Å². The highest BCUT2D eigenvalue weighted by molar-refractivity contribution is 5.95. The standard InChI is InChI=1S/C25H29F3N2O2/c1-2-3-17-32-24-12-7-20(18-29-24)23(31)6-4-5-19-13-15-30(16-14-19)22-10-8-21(9-11-22)25(26,27)28/h5,7-12,18H,2-4,6,13-17H2,1H3. The molecule has 0 saturated carbocycles. The lowest BCUT2D eigenvalue weighted by molar-refractivity contribution is -0.137. The number of unbranched alkanes of at least 4 members (excludes halogenated alkanes) is 1. The summed E-state index contributed by atoms with van der Waals surface area (Å²) in [5, 5.41) is 0. The zero-order valence-electron chi connectivity index (χ0n) is 18.3. The fourth-order valence-corrected chi connectivity index (χ4v) is 3.62. The quantitative estimate of drug-likeness (QED) is 0.252. The van der Waals surface area contributed by atoms with Crippen molar-refractivity contribution in [2.45, 2.75) is 51.6 Å². The Morgan fingerprint density at radius 2 is 1.84 bits per heavy atom. The Kier molecular flexibility index (Phi) is 8.31. The SMILES string of the molecule is CCCCOc1ccc(C(=O)CCC=C2CCN(c3ccc(C(F)(F)F)cc3)CC2)cn1. The van der Waals surface area contributed by atoms with Crippen molar-refractivity contribution in [1.29, 1.82) is 0 Å². The molecule has 0 bridgehead atoms. The van der Waals surface area contributed by atoms with Gasteiger partial charge in [-0.3, -0.25) is 4.79 Å². The number of ether oxygens (including phenoxy) is 1. The second-order valence-corrected chi connectivity index (χ2v) is 7.94. The molecule has 7 heteroatoms. The van der Waals surface area contributed by atoms with Crippen molar-refractivity contribution in [3.63, 3.8) is 0 Å². The predicted molar refractivity (Wildman–Crippen MR) is 119 cm³/mol. The summed E-state index contributed by atoms with van der Waals surface area (Å²) in [6.45, 7) is 4.24. The lowest BCUT2D eigenvalue weighted by atomic mass is 10.00. The summed E-state index contributed by atoms with van der Waals surface area (Å²) in [7, 11) is 0. The number of rotatable bonds is 9. The highest BCUT2D eigenvalue weighted by Crippen LogP contribution is 2.31. The first-order valence-corrected chi connectivity index (χ1v) is 11.1. The van der Waals surface area contributed by atoms with Crippen molar-refractivity contribution >= 4 is 11.5 Å². The molecule has 0 N–H and O–H groups in total. The molecule has 3 rings (SSSR count). The lowest BCUT2D eigenvalue weighted by Crippen LogP contribution is -2.30. The molecule has 0 atom stereocenters. The van der Waals surface area contributed by atoms with E-state index in [9.17, 15) is 18.0 Å². The number of anilines is 1. The van der Waals surface area contributed by atoms with Gasteiger partial charge in [-0.25, -0.2) is 4.98 Å². The average molecular weight is 447 g/mol. The number of nitrogens with zero attached hydrogens (tertiary/aromatic N) is 2. The van der Waals surface area contributed by atoms with Crippen molar-refractivity contribution in [2.24, 2.45) is 0 Å². The Morgan fingerprint density at radius 1 is 1.12 bits per heavy atom. The normalized spacial score (nSPS) is 14.4. The number of hydrogen-bond acceptors (Lipinski definition) is 4. The Hall–Kier alpha value is -2.83. The van der Waals surface area contributed by atoms with Crippen LogP contribution in [0.25, 0.3) is 0 Å². The number of carbonyl (C=O) groups is 1. The second-order valence-electron chi connectivity index (χ2n) is 7.94. The van der Waals surface area contributed by atoms with Gasteiger partial charge >= 0.3 is 6.18 Å². The third kappa shape index (κ3) is 6.84. The van der Waals surface area contributed by atoms with Gasteiger partial charge in [-0.15, -0.1) is 0 Å². The lowest BCUT2D eigenvalue weighted by Gasteiger charge is -2.30. The number of allylic oxidation sites excluding steroid dienone is 1. The van der Waals surface area contributed by atoms with E-state index in [4.69, 9.17) is 4.74 Å².